The molecule has 66 valence electrons. The quantitative estimate of drug-likeness (QED) is 0.642. The van der Waals surface area contributed by atoms with Crippen LogP contribution in [0.2, 0.25) is 0 Å². The Hall–Kier alpha value is -1.06. The lowest BCUT2D eigenvalue weighted by atomic mass is 10.4. The van der Waals surface area contributed by atoms with Crippen molar-refractivity contribution in [3.8, 4) is 0 Å². The summed E-state index contributed by atoms with van der Waals surface area (Å²) in [5.41, 5.74) is 0.0133. The number of aryl methyl sites for hydroxylation is 1. The van der Waals surface area contributed by atoms with Crippen LogP contribution in [0.1, 0.15) is 31.5 Å². The van der Waals surface area contributed by atoms with Crippen LogP contribution in [0, 0.1) is 0 Å². The van der Waals surface area contributed by atoms with Gasteiger partial charge in [0.2, 0.25) is 0 Å². The number of rotatable bonds is 2. The first kappa shape index (κ1) is 7.58. The third kappa shape index (κ3) is 0.983. The molecule has 0 bridgehead atoms. The zero-order valence-electron chi connectivity index (χ0n) is 7.45. The lowest BCUT2D eigenvalue weighted by Gasteiger charge is -1.97. The summed E-state index contributed by atoms with van der Waals surface area (Å²) in [5, 5.41) is 4.21. The van der Waals surface area contributed by atoms with Crippen LogP contribution in [0.15, 0.2) is 4.79 Å². The third-order valence-corrected chi connectivity index (χ3v) is 2.30. The molecule has 0 saturated heterocycles. The Bertz CT molecular complexity index is 346. The maximum absolute atomic E-state index is 11.4. The molecule has 1 saturated carbocycles. The maximum Gasteiger partial charge on any atom is 0.345 e. The molecule has 0 amide bonds. The second kappa shape index (κ2) is 2.47. The molecule has 1 aliphatic rings. The lowest BCUT2D eigenvalue weighted by molar-refractivity contribution is 0.665. The third-order valence-electron chi connectivity index (χ3n) is 2.30. The molecule has 0 radical (unpaired) electrons. The van der Waals surface area contributed by atoms with Crippen molar-refractivity contribution in [2.75, 3.05) is 0 Å². The van der Waals surface area contributed by atoms with Crippen molar-refractivity contribution in [3.63, 3.8) is 0 Å². The highest BCUT2D eigenvalue weighted by atomic mass is 16.2. The van der Waals surface area contributed by atoms with Gasteiger partial charge >= 0.3 is 5.69 Å². The van der Waals surface area contributed by atoms with Crippen molar-refractivity contribution in [3.05, 3.63) is 16.3 Å². The largest absolute Gasteiger partial charge is 0.345 e. The van der Waals surface area contributed by atoms with Gasteiger partial charge in [0.1, 0.15) is 5.82 Å². The molecule has 12 heavy (non-hydrogen) atoms. The Kier molecular flexibility index (Phi) is 1.56. The van der Waals surface area contributed by atoms with E-state index >= 15 is 0 Å². The molecule has 1 aromatic heterocycles. The summed E-state index contributed by atoms with van der Waals surface area (Å²) >= 11 is 0. The summed E-state index contributed by atoms with van der Waals surface area (Å²) in [7, 11) is 1.71. The molecular weight excluding hydrogens is 154 g/mol. The van der Waals surface area contributed by atoms with Crippen LogP contribution in [0.4, 0.5) is 0 Å². The summed E-state index contributed by atoms with van der Waals surface area (Å²) in [6.07, 6.45) is 2.38. The minimum atomic E-state index is 0.0133. The molecule has 0 aromatic carbocycles. The first-order chi connectivity index (χ1) is 5.74. The second-order valence-corrected chi connectivity index (χ2v) is 3.28. The second-order valence-electron chi connectivity index (χ2n) is 3.28. The maximum atomic E-state index is 11.4. The van der Waals surface area contributed by atoms with E-state index in [9.17, 15) is 4.79 Å². The predicted molar refractivity (Wildman–Crippen MR) is 45.1 cm³/mol. The van der Waals surface area contributed by atoms with Gasteiger partial charge in [-0.05, 0) is 19.8 Å². The number of hydrogen-bond acceptors (Lipinski definition) is 2. The summed E-state index contributed by atoms with van der Waals surface area (Å²) in [4.78, 5) is 11.4. The predicted octanol–water partition coefficient (Wildman–Crippen LogP) is 0.479. The fourth-order valence-corrected chi connectivity index (χ4v) is 1.46. The summed E-state index contributed by atoms with van der Waals surface area (Å²) in [6, 6.07) is 0. The van der Waals surface area contributed by atoms with Gasteiger partial charge in [-0.25, -0.2) is 9.48 Å². The minimum absolute atomic E-state index is 0.0133. The van der Waals surface area contributed by atoms with Gasteiger partial charge in [0.25, 0.3) is 0 Å². The monoisotopic (exact) mass is 167 g/mol. The van der Waals surface area contributed by atoms with Gasteiger partial charge in [0.15, 0.2) is 0 Å². The normalized spacial score (nSPS) is 16.8. The SMILES string of the molecule is CCn1c(C2CC2)nn(C)c1=O. The van der Waals surface area contributed by atoms with E-state index in [1.807, 2.05) is 6.92 Å². The van der Waals surface area contributed by atoms with E-state index < -0.39 is 0 Å². The van der Waals surface area contributed by atoms with E-state index in [1.165, 1.54) is 17.5 Å². The van der Waals surface area contributed by atoms with Crippen LogP contribution >= 0.6 is 0 Å². The lowest BCUT2D eigenvalue weighted by Crippen LogP contribution is -2.22. The standard InChI is InChI=1S/C8H13N3O/c1-3-11-7(6-4-5-6)9-10(2)8(11)12/h6H,3-5H2,1-2H3. The van der Waals surface area contributed by atoms with Gasteiger partial charge in [-0.2, -0.15) is 5.10 Å². The molecule has 4 heteroatoms. The zero-order valence-corrected chi connectivity index (χ0v) is 7.45. The molecule has 0 unspecified atom stereocenters. The van der Waals surface area contributed by atoms with Gasteiger partial charge in [-0.1, -0.05) is 0 Å². The van der Waals surface area contributed by atoms with E-state index in [2.05, 4.69) is 5.10 Å². The highest BCUT2D eigenvalue weighted by Gasteiger charge is 2.29. The van der Waals surface area contributed by atoms with E-state index in [0.29, 0.717) is 5.92 Å². The van der Waals surface area contributed by atoms with Crippen molar-refractivity contribution < 1.29 is 0 Å². The van der Waals surface area contributed by atoms with Crippen molar-refractivity contribution in [2.24, 2.45) is 7.05 Å². The van der Waals surface area contributed by atoms with Crippen LogP contribution in [0.3, 0.4) is 0 Å². The smallest absolute Gasteiger partial charge is 0.279 e. The molecule has 1 fully saturated rings. The minimum Gasteiger partial charge on any atom is -0.279 e. The molecule has 0 N–H and O–H groups in total. The van der Waals surface area contributed by atoms with Crippen LogP contribution in [0.25, 0.3) is 0 Å². The van der Waals surface area contributed by atoms with Crippen LogP contribution < -0.4 is 5.69 Å². The first-order valence-electron chi connectivity index (χ1n) is 4.37. The molecule has 1 aliphatic carbocycles. The molecule has 0 aliphatic heterocycles. The van der Waals surface area contributed by atoms with Gasteiger partial charge in [0, 0.05) is 19.5 Å². The van der Waals surface area contributed by atoms with E-state index in [4.69, 9.17) is 0 Å². The summed E-state index contributed by atoms with van der Waals surface area (Å²) < 4.78 is 3.19. The van der Waals surface area contributed by atoms with Crippen molar-refractivity contribution in [1.82, 2.24) is 14.3 Å². The van der Waals surface area contributed by atoms with Gasteiger partial charge < -0.3 is 0 Å². The average molecular weight is 167 g/mol. The van der Waals surface area contributed by atoms with Crippen molar-refractivity contribution in [1.29, 1.82) is 0 Å². The average Bonchev–Trinajstić information content (AvgIpc) is 2.82. The first-order valence-corrected chi connectivity index (χ1v) is 4.37. The van der Waals surface area contributed by atoms with Crippen LogP contribution in [0.5, 0.6) is 0 Å². The van der Waals surface area contributed by atoms with Crippen LogP contribution in [-0.4, -0.2) is 14.3 Å². The van der Waals surface area contributed by atoms with Crippen LogP contribution in [-0.2, 0) is 13.6 Å². The Balaban J connectivity index is 2.52. The Morgan fingerprint density at radius 1 is 1.58 bits per heavy atom. The van der Waals surface area contributed by atoms with Gasteiger partial charge in [-0.3, -0.25) is 4.57 Å². The number of nitrogens with zero attached hydrogens (tertiary/aromatic N) is 3. The Morgan fingerprint density at radius 3 is 2.75 bits per heavy atom. The molecule has 2 rings (SSSR count). The Labute approximate surface area is 70.8 Å². The fraction of sp³-hybridized carbons (Fsp3) is 0.750. The Morgan fingerprint density at radius 2 is 2.25 bits per heavy atom. The number of aromatic nitrogens is 3. The molecule has 4 nitrogen and oxygen atoms in total. The molecular formula is C8H13N3O. The van der Waals surface area contributed by atoms with Gasteiger partial charge in [-0.15, -0.1) is 0 Å². The molecule has 1 heterocycles. The topological polar surface area (TPSA) is 39.8 Å². The van der Waals surface area contributed by atoms with E-state index in [-0.39, 0.29) is 5.69 Å². The highest BCUT2D eigenvalue weighted by molar-refractivity contribution is 5.05. The summed E-state index contributed by atoms with van der Waals surface area (Å²) in [5.74, 6) is 1.53. The van der Waals surface area contributed by atoms with Gasteiger partial charge in [0.05, 0.1) is 0 Å². The van der Waals surface area contributed by atoms with Crippen molar-refractivity contribution >= 4 is 0 Å². The molecule has 1 aromatic rings. The van der Waals surface area contributed by atoms with E-state index in [1.54, 1.807) is 11.6 Å². The molecule has 0 atom stereocenters. The molecule has 0 spiro atoms. The zero-order chi connectivity index (χ0) is 8.72. The fourth-order valence-electron chi connectivity index (χ4n) is 1.46. The van der Waals surface area contributed by atoms with E-state index in [0.717, 1.165) is 12.4 Å². The number of hydrogen-bond donors (Lipinski definition) is 0. The summed E-state index contributed by atoms with van der Waals surface area (Å²) in [6.45, 7) is 2.72. The highest BCUT2D eigenvalue weighted by Crippen LogP contribution is 2.38. The van der Waals surface area contributed by atoms with Crippen molar-refractivity contribution in [2.45, 2.75) is 32.2 Å².